The van der Waals surface area contributed by atoms with Crippen LogP contribution in [0.4, 0.5) is 0 Å². The van der Waals surface area contributed by atoms with Gasteiger partial charge in [0.25, 0.3) is 0 Å². The standard InChI is InChI=1S/C10H15N3O4S/c1-10(2,9(11)15)6-13-18(16,17)7-3-4-8(14)12-5-7/h3-5,13H,6H2,1-2H3,(H2,11,15)(H,12,14). The summed E-state index contributed by atoms with van der Waals surface area (Å²) in [5.74, 6) is -0.605. The second-order valence-corrected chi connectivity index (χ2v) is 6.23. The number of aromatic amines is 1. The molecule has 0 saturated heterocycles. The van der Waals surface area contributed by atoms with Gasteiger partial charge in [-0.2, -0.15) is 0 Å². The summed E-state index contributed by atoms with van der Waals surface area (Å²) >= 11 is 0. The molecule has 8 heteroatoms. The highest BCUT2D eigenvalue weighted by Gasteiger charge is 2.27. The highest BCUT2D eigenvalue weighted by molar-refractivity contribution is 7.89. The van der Waals surface area contributed by atoms with Gasteiger partial charge in [-0.15, -0.1) is 0 Å². The number of hydrogen-bond donors (Lipinski definition) is 3. The Morgan fingerprint density at radius 3 is 2.50 bits per heavy atom. The highest BCUT2D eigenvalue weighted by Crippen LogP contribution is 2.14. The Kier molecular flexibility index (Phi) is 3.92. The molecule has 1 heterocycles. The molecule has 1 amide bonds. The Labute approximate surface area is 104 Å². The zero-order chi connectivity index (χ0) is 14.0. The number of pyridine rings is 1. The van der Waals surface area contributed by atoms with Gasteiger partial charge in [-0.05, 0) is 19.9 Å². The molecule has 0 aliphatic heterocycles. The summed E-state index contributed by atoms with van der Waals surface area (Å²) < 4.78 is 25.9. The smallest absolute Gasteiger partial charge is 0.247 e. The van der Waals surface area contributed by atoms with Gasteiger partial charge in [0.2, 0.25) is 21.5 Å². The van der Waals surface area contributed by atoms with E-state index in [1.807, 2.05) is 0 Å². The van der Waals surface area contributed by atoms with Crippen LogP contribution in [0, 0.1) is 5.41 Å². The molecule has 0 radical (unpaired) electrons. The molecular formula is C10H15N3O4S. The number of H-pyrrole nitrogens is 1. The van der Waals surface area contributed by atoms with Crippen molar-refractivity contribution in [3.63, 3.8) is 0 Å². The lowest BCUT2D eigenvalue weighted by Crippen LogP contribution is -2.42. The summed E-state index contributed by atoms with van der Waals surface area (Å²) in [6, 6.07) is 2.28. The van der Waals surface area contributed by atoms with Crippen molar-refractivity contribution in [2.45, 2.75) is 18.7 Å². The normalized spacial score (nSPS) is 12.3. The molecule has 0 fully saturated rings. The quantitative estimate of drug-likeness (QED) is 0.647. The van der Waals surface area contributed by atoms with Crippen LogP contribution in [0.1, 0.15) is 13.8 Å². The molecule has 1 aromatic heterocycles. The number of rotatable bonds is 5. The fourth-order valence-electron chi connectivity index (χ4n) is 1.01. The van der Waals surface area contributed by atoms with Gasteiger partial charge in [0.05, 0.1) is 10.3 Å². The van der Waals surface area contributed by atoms with E-state index in [1.165, 1.54) is 19.9 Å². The second kappa shape index (κ2) is 4.91. The van der Waals surface area contributed by atoms with Crippen LogP contribution in [0.15, 0.2) is 28.0 Å². The highest BCUT2D eigenvalue weighted by atomic mass is 32.2. The van der Waals surface area contributed by atoms with E-state index < -0.39 is 26.9 Å². The molecule has 0 spiro atoms. The molecule has 0 saturated carbocycles. The van der Waals surface area contributed by atoms with Gasteiger partial charge in [0.15, 0.2) is 0 Å². The Morgan fingerprint density at radius 2 is 2.06 bits per heavy atom. The topological polar surface area (TPSA) is 122 Å². The van der Waals surface area contributed by atoms with E-state index in [1.54, 1.807) is 0 Å². The maximum Gasteiger partial charge on any atom is 0.247 e. The average Bonchev–Trinajstić information content (AvgIpc) is 2.27. The number of sulfonamides is 1. The van der Waals surface area contributed by atoms with E-state index >= 15 is 0 Å². The molecule has 0 aromatic carbocycles. The Hall–Kier alpha value is -1.67. The van der Waals surface area contributed by atoms with Gasteiger partial charge in [-0.1, -0.05) is 0 Å². The van der Waals surface area contributed by atoms with E-state index in [4.69, 9.17) is 5.73 Å². The largest absolute Gasteiger partial charge is 0.369 e. The molecule has 1 rings (SSSR count). The number of aromatic nitrogens is 1. The van der Waals surface area contributed by atoms with Crippen molar-refractivity contribution in [2.75, 3.05) is 6.54 Å². The number of nitrogens with two attached hydrogens (primary N) is 1. The van der Waals surface area contributed by atoms with E-state index in [9.17, 15) is 18.0 Å². The minimum atomic E-state index is -3.77. The maximum absolute atomic E-state index is 11.8. The van der Waals surface area contributed by atoms with Crippen LogP contribution in [0.5, 0.6) is 0 Å². The molecule has 0 aliphatic carbocycles. The van der Waals surface area contributed by atoms with Crippen molar-refractivity contribution in [1.29, 1.82) is 0 Å². The lowest BCUT2D eigenvalue weighted by Gasteiger charge is -2.20. The van der Waals surface area contributed by atoms with E-state index in [2.05, 4.69) is 9.71 Å². The molecule has 100 valence electrons. The Balaban J connectivity index is 2.87. The zero-order valence-electron chi connectivity index (χ0n) is 10.1. The third kappa shape index (κ3) is 3.41. The number of amides is 1. The maximum atomic E-state index is 11.8. The first-order valence-electron chi connectivity index (χ1n) is 5.13. The van der Waals surface area contributed by atoms with Gasteiger partial charge in [0, 0.05) is 18.8 Å². The average molecular weight is 273 g/mol. The molecule has 0 bridgehead atoms. The van der Waals surface area contributed by atoms with Gasteiger partial charge >= 0.3 is 0 Å². The molecule has 4 N–H and O–H groups in total. The first kappa shape index (κ1) is 14.4. The lowest BCUT2D eigenvalue weighted by atomic mass is 9.93. The predicted octanol–water partition coefficient (Wildman–Crippen LogP) is -0.835. The predicted molar refractivity (Wildman–Crippen MR) is 65.2 cm³/mol. The van der Waals surface area contributed by atoms with Crippen LogP contribution in [0.25, 0.3) is 0 Å². The first-order chi connectivity index (χ1) is 8.15. The number of primary amides is 1. The number of nitrogens with one attached hydrogen (secondary N) is 2. The fraction of sp³-hybridized carbons (Fsp3) is 0.400. The molecule has 0 unspecified atom stereocenters. The fourth-order valence-corrected chi connectivity index (χ4v) is 2.19. The molecule has 1 aromatic rings. The van der Waals surface area contributed by atoms with Crippen molar-refractivity contribution >= 4 is 15.9 Å². The number of carbonyl (C=O) groups excluding carboxylic acids is 1. The monoisotopic (exact) mass is 273 g/mol. The van der Waals surface area contributed by atoms with Crippen molar-refractivity contribution in [1.82, 2.24) is 9.71 Å². The van der Waals surface area contributed by atoms with Crippen LogP contribution in [0.3, 0.4) is 0 Å². The summed E-state index contributed by atoms with van der Waals surface area (Å²) in [6.07, 6.45) is 1.09. The summed E-state index contributed by atoms with van der Waals surface area (Å²) in [5, 5.41) is 0. The SMILES string of the molecule is CC(C)(CNS(=O)(=O)c1ccc(=O)[nH]c1)C(N)=O. The van der Waals surface area contributed by atoms with Gasteiger partial charge in [-0.25, -0.2) is 13.1 Å². The van der Waals surface area contributed by atoms with Crippen LogP contribution < -0.4 is 16.0 Å². The molecule has 18 heavy (non-hydrogen) atoms. The van der Waals surface area contributed by atoms with Gasteiger partial charge in [0.1, 0.15) is 0 Å². The minimum Gasteiger partial charge on any atom is -0.369 e. The van der Waals surface area contributed by atoms with Crippen molar-refractivity contribution in [2.24, 2.45) is 11.1 Å². The summed E-state index contributed by atoms with van der Waals surface area (Å²) in [4.78, 5) is 24.1. The first-order valence-corrected chi connectivity index (χ1v) is 6.62. The van der Waals surface area contributed by atoms with E-state index in [0.29, 0.717) is 0 Å². The van der Waals surface area contributed by atoms with Crippen LogP contribution in [-0.2, 0) is 14.8 Å². The lowest BCUT2D eigenvalue weighted by molar-refractivity contribution is -0.125. The zero-order valence-corrected chi connectivity index (χ0v) is 10.9. The van der Waals surface area contributed by atoms with Gasteiger partial charge in [-0.3, -0.25) is 9.59 Å². The van der Waals surface area contributed by atoms with Crippen molar-refractivity contribution in [3.05, 3.63) is 28.7 Å². The Bertz CT molecular complexity index is 583. The number of hydrogen-bond acceptors (Lipinski definition) is 4. The third-order valence-electron chi connectivity index (χ3n) is 2.44. The third-order valence-corrected chi connectivity index (χ3v) is 3.84. The summed E-state index contributed by atoms with van der Waals surface area (Å²) in [6.45, 7) is 2.94. The summed E-state index contributed by atoms with van der Waals surface area (Å²) in [7, 11) is -3.77. The second-order valence-electron chi connectivity index (χ2n) is 4.46. The van der Waals surface area contributed by atoms with Crippen molar-refractivity contribution < 1.29 is 13.2 Å². The minimum absolute atomic E-state index is 0.0811. The van der Waals surface area contributed by atoms with Gasteiger partial charge < -0.3 is 10.7 Å². The van der Waals surface area contributed by atoms with Crippen LogP contribution >= 0.6 is 0 Å². The van der Waals surface area contributed by atoms with E-state index in [-0.39, 0.29) is 11.4 Å². The molecule has 0 atom stereocenters. The van der Waals surface area contributed by atoms with Crippen molar-refractivity contribution in [3.8, 4) is 0 Å². The molecule has 7 nitrogen and oxygen atoms in total. The Morgan fingerprint density at radius 1 is 1.44 bits per heavy atom. The van der Waals surface area contributed by atoms with Crippen LogP contribution in [-0.4, -0.2) is 25.9 Å². The molecular weight excluding hydrogens is 258 g/mol. The number of carbonyl (C=O) groups is 1. The van der Waals surface area contributed by atoms with Crippen LogP contribution in [0.2, 0.25) is 0 Å². The molecule has 0 aliphatic rings. The van der Waals surface area contributed by atoms with E-state index in [0.717, 1.165) is 12.3 Å². The summed E-state index contributed by atoms with van der Waals surface area (Å²) in [5.41, 5.74) is 3.75.